The summed E-state index contributed by atoms with van der Waals surface area (Å²) in [6.45, 7) is 0. The first-order valence-electron chi connectivity index (χ1n) is 7.74. The smallest absolute Gasteiger partial charge is 0.314 e. The maximum atomic E-state index is 10.8. The first-order chi connectivity index (χ1) is 13.3. The summed E-state index contributed by atoms with van der Waals surface area (Å²) >= 11 is 0. The Morgan fingerprint density at radius 3 is 1.25 bits per heavy atom. The number of aromatic hydroxyl groups is 2. The molecule has 142 valence electrons. The molecule has 10 heteroatoms. The molecule has 0 aliphatic carbocycles. The van der Waals surface area contributed by atoms with Crippen molar-refractivity contribution in [3.63, 3.8) is 0 Å². The second kappa shape index (κ2) is 7.50. The molecule has 2 N–H and O–H groups in total. The van der Waals surface area contributed by atoms with Gasteiger partial charge in [-0.05, 0) is 48.5 Å². The van der Waals surface area contributed by atoms with Crippen LogP contribution in [-0.2, 0) is 0 Å². The summed E-state index contributed by atoms with van der Waals surface area (Å²) in [5, 5.41) is 40.6. The predicted octanol–water partition coefficient (Wildman–Crippen LogP) is 4.50. The molecule has 0 heterocycles. The number of ether oxygens (including phenoxy) is 2. The lowest BCUT2D eigenvalue weighted by Crippen LogP contribution is -1.91. The fraction of sp³-hybridized carbons (Fsp3) is 0. The first kappa shape index (κ1) is 18.5. The zero-order valence-electron chi connectivity index (χ0n) is 14.0. The highest BCUT2D eigenvalue weighted by molar-refractivity contribution is 5.52. The molecule has 0 aromatic heterocycles. The lowest BCUT2D eigenvalue weighted by Gasteiger charge is -2.09. The van der Waals surface area contributed by atoms with Crippen LogP contribution in [-0.4, -0.2) is 20.1 Å². The fourth-order valence-electron chi connectivity index (χ4n) is 2.27. The van der Waals surface area contributed by atoms with Crippen molar-refractivity contribution in [2.75, 3.05) is 0 Å². The SMILES string of the molecule is O=[N+]([O-])c1cc(Oc2ccc(Oc3ccc(O)c([N+](=O)[O-])c3)cc2)ccc1O. The number of nitrogens with zero attached hydrogens (tertiary/aromatic N) is 2. The van der Waals surface area contributed by atoms with E-state index in [9.17, 15) is 30.4 Å². The van der Waals surface area contributed by atoms with Gasteiger partial charge in [0.1, 0.15) is 23.0 Å². The van der Waals surface area contributed by atoms with Crippen LogP contribution in [0.3, 0.4) is 0 Å². The van der Waals surface area contributed by atoms with E-state index in [4.69, 9.17) is 9.47 Å². The van der Waals surface area contributed by atoms with Crippen LogP contribution in [0.4, 0.5) is 11.4 Å². The minimum Gasteiger partial charge on any atom is -0.502 e. The van der Waals surface area contributed by atoms with E-state index in [1.54, 1.807) is 0 Å². The molecule has 0 saturated heterocycles. The summed E-state index contributed by atoms with van der Waals surface area (Å²) < 4.78 is 11.0. The zero-order valence-corrected chi connectivity index (χ0v) is 14.0. The molecule has 0 aliphatic rings. The van der Waals surface area contributed by atoms with Crippen molar-refractivity contribution >= 4 is 11.4 Å². The Hall–Kier alpha value is -4.34. The Kier molecular flexibility index (Phi) is 4.94. The highest BCUT2D eigenvalue weighted by atomic mass is 16.6. The van der Waals surface area contributed by atoms with E-state index >= 15 is 0 Å². The topological polar surface area (TPSA) is 145 Å². The van der Waals surface area contributed by atoms with Crippen LogP contribution < -0.4 is 9.47 Å². The number of nitro benzene ring substituents is 2. The van der Waals surface area contributed by atoms with Gasteiger partial charge in [-0.15, -0.1) is 0 Å². The fourth-order valence-corrected chi connectivity index (χ4v) is 2.27. The monoisotopic (exact) mass is 384 g/mol. The Labute approximate surface area is 157 Å². The summed E-state index contributed by atoms with van der Waals surface area (Å²) in [5.41, 5.74) is -0.960. The van der Waals surface area contributed by atoms with E-state index in [2.05, 4.69) is 0 Å². The van der Waals surface area contributed by atoms with Crippen molar-refractivity contribution in [1.82, 2.24) is 0 Å². The van der Waals surface area contributed by atoms with Crippen molar-refractivity contribution in [2.24, 2.45) is 0 Å². The predicted molar refractivity (Wildman–Crippen MR) is 96.1 cm³/mol. The molecular formula is C18H12N2O8. The van der Waals surface area contributed by atoms with E-state index in [0.29, 0.717) is 11.5 Å². The van der Waals surface area contributed by atoms with Gasteiger partial charge in [0.05, 0.1) is 22.0 Å². The molecule has 0 aliphatic heterocycles. The number of rotatable bonds is 6. The summed E-state index contributed by atoms with van der Waals surface area (Å²) in [6, 6.07) is 13.4. The van der Waals surface area contributed by atoms with Crippen LogP contribution in [0, 0.1) is 20.2 Å². The van der Waals surface area contributed by atoms with E-state index in [1.807, 2.05) is 0 Å². The molecule has 0 bridgehead atoms. The number of nitro groups is 2. The molecule has 0 unspecified atom stereocenters. The van der Waals surface area contributed by atoms with Gasteiger partial charge in [0.2, 0.25) is 0 Å². The summed E-state index contributed by atoms with van der Waals surface area (Å²) in [4.78, 5) is 20.2. The van der Waals surface area contributed by atoms with E-state index in [0.717, 1.165) is 24.3 Å². The lowest BCUT2D eigenvalue weighted by molar-refractivity contribution is -0.386. The Bertz CT molecular complexity index is 965. The van der Waals surface area contributed by atoms with Crippen LogP contribution in [0.15, 0.2) is 60.7 Å². The van der Waals surface area contributed by atoms with Gasteiger partial charge in [0, 0.05) is 0 Å². The normalized spacial score (nSPS) is 10.3. The molecule has 3 aromatic rings. The van der Waals surface area contributed by atoms with Gasteiger partial charge in [-0.3, -0.25) is 20.2 Å². The molecule has 0 atom stereocenters. The van der Waals surface area contributed by atoms with Crippen LogP contribution >= 0.6 is 0 Å². The molecule has 3 rings (SSSR count). The molecule has 0 spiro atoms. The van der Waals surface area contributed by atoms with Crippen molar-refractivity contribution in [3.8, 4) is 34.5 Å². The number of phenolic OH excluding ortho intramolecular Hbond substituents is 2. The minimum absolute atomic E-state index is 0.160. The maximum Gasteiger partial charge on any atom is 0.314 e. The molecular weight excluding hydrogens is 372 g/mol. The third-order valence-corrected chi connectivity index (χ3v) is 3.58. The van der Waals surface area contributed by atoms with Gasteiger partial charge in [-0.1, -0.05) is 0 Å². The second-order valence-corrected chi connectivity index (χ2v) is 5.49. The molecule has 0 amide bonds. The standard InChI is InChI=1S/C18H12N2O8/c21-17-7-5-13(9-15(17)19(23)24)27-11-1-2-12(4-3-11)28-14-6-8-18(22)16(10-14)20(25)26/h1-10,21-22H. The Balaban J connectivity index is 1.74. The van der Waals surface area contributed by atoms with E-state index < -0.39 is 32.7 Å². The maximum absolute atomic E-state index is 10.8. The number of hydrogen-bond acceptors (Lipinski definition) is 8. The van der Waals surface area contributed by atoms with Gasteiger partial charge in [0.15, 0.2) is 11.5 Å². The summed E-state index contributed by atoms with van der Waals surface area (Å²) in [6.07, 6.45) is 0. The van der Waals surface area contributed by atoms with Gasteiger partial charge < -0.3 is 19.7 Å². The summed E-state index contributed by atoms with van der Waals surface area (Å²) in [7, 11) is 0. The summed E-state index contributed by atoms with van der Waals surface area (Å²) in [5.74, 6) is 0.0842. The third kappa shape index (κ3) is 4.07. The number of benzene rings is 3. The average Bonchev–Trinajstić information content (AvgIpc) is 2.66. The quantitative estimate of drug-likeness (QED) is 0.467. The van der Waals surface area contributed by atoms with Crippen LogP contribution in [0.5, 0.6) is 34.5 Å². The number of phenols is 2. The van der Waals surface area contributed by atoms with Crippen molar-refractivity contribution in [3.05, 3.63) is 80.9 Å². The van der Waals surface area contributed by atoms with E-state index in [-0.39, 0.29) is 11.5 Å². The molecule has 10 nitrogen and oxygen atoms in total. The van der Waals surface area contributed by atoms with Crippen molar-refractivity contribution in [1.29, 1.82) is 0 Å². The highest BCUT2D eigenvalue weighted by Gasteiger charge is 2.16. The molecule has 3 aromatic carbocycles. The van der Waals surface area contributed by atoms with Gasteiger partial charge in [-0.2, -0.15) is 0 Å². The van der Waals surface area contributed by atoms with Crippen LogP contribution in [0.1, 0.15) is 0 Å². The van der Waals surface area contributed by atoms with Crippen molar-refractivity contribution < 1.29 is 29.5 Å². The second-order valence-electron chi connectivity index (χ2n) is 5.49. The zero-order chi connectivity index (χ0) is 20.3. The highest BCUT2D eigenvalue weighted by Crippen LogP contribution is 2.34. The Morgan fingerprint density at radius 2 is 0.929 bits per heavy atom. The third-order valence-electron chi connectivity index (χ3n) is 3.58. The first-order valence-corrected chi connectivity index (χ1v) is 7.74. The van der Waals surface area contributed by atoms with Crippen LogP contribution in [0.2, 0.25) is 0 Å². The molecule has 0 saturated carbocycles. The lowest BCUT2D eigenvalue weighted by atomic mass is 10.2. The minimum atomic E-state index is -0.726. The molecule has 28 heavy (non-hydrogen) atoms. The Morgan fingerprint density at radius 1 is 0.607 bits per heavy atom. The van der Waals surface area contributed by atoms with Crippen LogP contribution in [0.25, 0.3) is 0 Å². The number of hydrogen-bond donors (Lipinski definition) is 2. The van der Waals surface area contributed by atoms with Gasteiger partial charge in [-0.25, -0.2) is 0 Å². The largest absolute Gasteiger partial charge is 0.502 e. The van der Waals surface area contributed by atoms with Gasteiger partial charge >= 0.3 is 11.4 Å². The van der Waals surface area contributed by atoms with E-state index in [1.165, 1.54) is 36.4 Å². The van der Waals surface area contributed by atoms with Crippen molar-refractivity contribution in [2.45, 2.75) is 0 Å². The molecule has 0 fully saturated rings. The molecule has 0 radical (unpaired) electrons. The van der Waals surface area contributed by atoms with Gasteiger partial charge in [0.25, 0.3) is 0 Å². The average molecular weight is 384 g/mol.